The number of carbonyl (C=O) groups is 1. The highest BCUT2D eigenvalue weighted by Gasteiger charge is 2.34. The Morgan fingerprint density at radius 3 is 2.40 bits per heavy atom. The van der Waals surface area contributed by atoms with Gasteiger partial charge in [0.1, 0.15) is 0 Å². The van der Waals surface area contributed by atoms with Crippen LogP contribution in [0.5, 0.6) is 0 Å². The van der Waals surface area contributed by atoms with Crippen LogP contribution in [0.25, 0.3) is 0 Å². The quantitative estimate of drug-likeness (QED) is 0.725. The zero-order valence-electron chi connectivity index (χ0n) is 17.9. The minimum Gasteiger partial charge on any atom is -0.350 e. The van der Waals surface area contributed by atoms with Crippen molar-refractivity contribution in [3.63, 3.8) is 0 Å². The molecule has 1 unspecified atom stereocenters. The fraction of sp³-hybridized carbons (Fsp3) is 0.682. The monoisotopic (exact) mass is 436 g/mol. The summed E-state index contributed by atoms with van der Waals surface area (Å²) in [6.45, 7) is 6.90. The second-order valence-electron chi connectivity index (χ2n) is 8.68. The zero-order chi connectivity index (χ0) is 21.3. The first-order valence-corrected chi connectivity index (χ1v) is 12.5. The van der Waals surface area contributed by atoms with Gasteiger partial charge in [0, 0.05) is 37.2 Å². The molecule has 8 heteroatoms. The molecule has 0 saturated carbocycles. The Hall–Kier alpha value is -1.48. The Bertz CT molecular complexity index is 874. The highest BCUT2D eigenvalue weighted by molar-refractivity contribution is 7.89. The van der Waals surface area contributed by atoms with Gasteiger partial charge in [-0.05, 0) is 57.2 Å². The van der Waals surface area contributed by atoms with Gasteiger partial charge in [0.2, 0.25) is 10.0 Å². The number of aryl methyl sites for hydroxylation is 1. The summed E-state index contributed by atoms with van der Waals surface area (Å²) in [5, 5.41) is 0. The van der Waals surface area contributed by atoms with Gasteiger partial charge in [0.15, 0.2) is 6.29 Å². The Morgan fingerprint density at radius 2 is 1.73 bits per heavy atom. The van der Waals surface area contributed by atoms with Crippen LogP contribution in [0.4, 0.5) is 0 Å². The molecule has 0 radical (unpaired) electrons. The number of benzene rings is 1. The van der Waals surface area contributed by atoms with Crippen molar-refractivity contribution in [3.8, 4) is 0 Å². The van der Waals surface area contributed by atoms with E-state index >= 15 is 0 Å². The summed E-state index contributed by atoms with van der Waals surface area (Å²) in [6.07, 6.45) is 4.32. The molecule has 3 aliphatic heterocycles. The van der Waals surface area contributed by atoms with Gasteiger partial charge >= 0.3 is 0 Å². The second kappa shape index (κ2) is 8.94. The Morgan fingerprint density at radius 1 is 1.03 bits per heavy atom. The van der Waals surface area contributed by atoms with E-state index in [9.17, 15) is 13.2 Å². The molecule has 0 aliphatic carbocycles. The second-order valence-corrected chi connectivity index (χ2v) is 10.6. The number of piperidine rings is 2. The Balaban J connectivity index is 1.50. The number of hydrogen-bond donors (Lipinski definition) is 0. The largest absolute Gasteiger partial charge is 0.350 e. The maximum atomic E-state index is 13.2. The Labute approximate surface area is 179 Å². The minimum atomic E-state index is -3.61. The average Bonchev–Trinajstić information content (AvgIpc) is 3.29. The third-order valence-corrected chi connectivity index (χ3v) is 8.66. The van der Waals surface area contributed by atoms with E-state index in [1.165, 1.54) is 0 Å². The van der Waals surface area contributed by atoms with Gasteiger partial charge in [-0.25, -0.2) is 8.42 Å². The molecule has 0 N–H and O–H groups in total. The van der Waals surface area contributed by atoms with Gasteiger partial charge in [-0.3, -0.25) is 4.79 Å². The highest BCUT2D eigenvalue weighted by Crippen LogP contribution is 2.29. The fourth-order valence-corrected chi connectivity index (χ4v) is 6.48. The smallest absolute Gasteiger partial charge is 0.254 e. The molecule has 3 fully saturated rings. The van der Waals surface area contributed by atoms with Crippen LogP contribution in [0, 0.1) is 12.8 Å². The van der Waals surface area contributed by atoms with Crippen LogP contribution in [0.1, 0.15) is 54.9 Å². The summed E-state index contributed by atoms with van der Waals surface area (Å²) in [4.78, 5) is 15.3. The first-order valence-electron chi connectivity index (χ1n) is 11.0. The molecule has 1 amide bonds. The zero-order valence-corrected chi connectivity index (χ0v) is 18.7. The molecule has 166 valence electrons. The molecular weight excluding hydrogens is 404 g/mol. The number of carbonyl (C=O) groups excluding carboxylic acids is 1. The molecule has 1 atom stereocenters. The standard InChI is InChI=1S/C22H32N2O5S/c1-16-6-7-19(30(26,27)24-10-4-3-5-17(24)2)15-20(16)21(25)23-11-8-18(9-12-23)22-28-13-14-29-22/h6-7,15,17-18,22H,3-5,8-14H2,1-2H3. The van der Waals surface area contributed by atoms with Gasteiger partial charge in [-0.2, -0.15) is 4.31 Å². The van der Waals surface area contributed by atoms with Crippen molar-refractivity contribution >= 4 is 15.9 Å². The normalized spacial score (nSPS) is 25.0. The van der Waals surface area contributed by atoms with Gasteiger partial charge in [0.05, 0.1) is 18.1 Å². The van der Waals surface area contributed by atoms with Crippen LogP contribution in [0.2, 0.25) is 0 Å². The lowest BCUT2D eigenvalue weighted by atomic mass is 9.95. The van der Waals surface area contributed by atoms with Gasteiger partial charge in [-0.1, -0.05) is 12.5 Å². The van der Waals surface area contributed by atoms with Crippen molar-refractivity contribution in [2.45, 2.75) is 63.2 Å². The topological polar surface area (TPSA) is 76.2 Å². The number of hydrogen-bond acceptors (Lipinski definition) is 5. The summed E-state index contributed by atoms with van der Waals surface area (Å²) in [6, 6.07) is 4.94. The van der Waals surface area contributed by atoms with E-state index in [-0.39, 0.29) is 23.1 Å². The van der Waals surface area contributed by atoms with Gasteiger partial charge in [-0.15, -0.1) is 0 Å². The van der Waals surface area contributed by atoms with Gasteiger partial charge < -0.3 is 14.4 Å². The van der Waals surface area contributed by atoms with E-state index in [0.29, 0.717) is 44.3 Å². The van der Waals surface area contributed by atoms with Crippen LogP contribution in [0.15, 0.2) is 23.1 Å². The van der Waals surface area contributed by atoms with Crippen molar-refractivity contribution in [2.75, 3.05) is 32.8 Å². The summed E-state index contributed by atoms with van der Waals surface area (Å²) in [5.74, 6) is 0.216. The third kappa shape index (κ3) is 4.28. The maximum absolute atomic E-state index is 13.2. The summed E-state index contributed by atoms with van der Waals surface area (Å²) in [5.41, 5.74) is 1.28. The molecule has 3 heterocycles. The summed E-state index contributed by atoms with van der Waals surface area (Å²) < 4.78 is 39.3. The highest BCUT2D eigenvalue weighted by atomic mass is 32.2. The number of nitrogens with zero attached hydrogens (tertiary/aromatic N) is 2. The maximum Gasteiger partial charge on any atom is 0.254 e. The van der Waals surface area contributed by atoms with Crippen LogP contribution in [0.3, 0.4) is 0 Å². The van der Waals surface area contributed by atoms with E-state index in [1.54, 1.807) is 22.5 Å². The number of ether oxygens (including phenoxy) is 2. The van der Waals surface area contributed by atoms with Crippen molar-refractivity contribution < 1.29 is 22.7 Å². The Kier molecular flexibility index (Phi) is 6.48. The molecule has 1 aromatic rings. The molecule has 4 rings (SSSR count). The lowest BCUT2D eigenvalue weighted by Crippen LogP contribution is -2.42. The van der Waals surface area contributed by atoms with E-state index in [0.717, 1.165) is 37.7 Å². The fourth-order valence-electron chi connectivity index (χ4n) is 4.75. The van der Waals surface area contributed by atoms with E-state index in [4.69, 9.17) is 9.47 Å². The third-order valence-electron chi connectivity index (χ3n) is 6.65. The molecule has 0 spiro atoms. The molecule has 3 aliphatic rings. The number of rotatable bonds is 4. The van der Waals surface area contributed by atoms with Crippen molar-refractivity contribution in [1.82, 2.24) is 9.21 Å². The molecule has 3 saturated heterocycles. The van der Waals surface area contributed by atoms with Crippen molar-refractivity contribution in [1.29, 1.82) is 0 Å². The predicted molar refractivity (Wildman–Crippen MR) is 113 cm³/mol. The number of amides is 1. The first-order chi connectivity index (χ1) is 14.4. The minimum absolute atomic E-state index is 0.0109. The van der Waals surface area contributed by atoms with Gasteiger partial charge in [0.25, 0.3) is 5.91 Å². The van der Waals surface area contributed by atoms with Crippen molar-refractivity contribution in [3.05, 3.63) is 29.3 Å². The van der Waals surface area contributed by atoms with E-state index in [1.807, 2.05) is 18.7 Å². The van der Waals surface area contributed by atoms with Crippen LogP contribution in [-0.2, 0) is 19.5 Å². The molecule has 0 bridgehead atoms. The SMILES string of the molecule is Cc1ccc(S(=O)(=O)N2CCCCC2C)cc1C(=O)N1CCC(C2OCCO2)CC1. The molecule has 0 aromatic heterocycles. The molecule has 1 aromatic carbocycles. The first kappa shape index (κ1) is 21.7. The lowest BCUT2D eigenvalue weighted by Gasteiger charge is -2.34. The van der Waals surface area contributed by atoms with Crippen LogP contribution >= 0.6 is 0 Å². The average molecular weight is 437 g/mol. The lowest BCUT2D eigenvalue weighted by molar-refractivity contribution is -0.0956. The predicted octanol–water partition coefficient (Wildman–Crippen LogP) is 2.78. The van der Waals surface area contributed by atoms with E-state index < -0.39 is 10.0 Å². The summed E-state index contributed by atoms with van der Waals surface area (Å²) in [7, 11) is -3.61. The molecule has 30 heavy (non-hydrogen) atoms. The molecular formula is C22H32N2O5S. The number of sulfonamides is 1. The van der Waals surface area contributed by atoms with E-state index in [2.05, 4.69) is 0 Å². The van der Waals surface area contributed by atoms with Crippen LogP contribution < -0.4 is 0 Å². The van der Waals surface area contributed by atoms with Crippen LogP contribution in [-0.4, -0.2) is 68.7 Å². The summed E-state index contributed by atoms with van der Waals surface area (Å²) >= 11 is 0. The van der Waals surface area contributed by atoms with Crippen molar-refractivity contribution in [2.24, 2.45) is 5.92 Å². The number of likely N-dealkylation sites (tertiary alicyclic amines) is 1. The molecule has 7 nitrogen and oxygen atoms in total.